The summed E-state index contributed by atoms with van der Waals surface area (Å²) in [6.45, 7) is 0. The molecule has 53 heavy (non-hydrogen) atoms. The average Bonchev–Trinajstić information content (AvgIpc) is 3.78. The molecule has 2 heterocycles. The van der Waals surface area contributed by atoms with Gasteiger partial charge in [0.2, 0.25) is 0 Å². The normalized spacial score (nSPS) is 11.5. The zero-order valence-electron chi connectivity index (χ0n) is 28.5. The van der Waals surface area contributed by atoms with Crippen molar-refractivity contribution in [1.29, 1.82) is 0 Å². The van der Waals surface area contributed by atoms with Crippen molar-refractivity contribution < 1.29 is 0 Å². The summed E-state index contributed by atoms with van der Waals surface area (Å²) in [7, 11) is 0. The van der Waals surface area contributed by atoms with Crippen molar-refractivity contribution in [3.63, 3.8) is 0 Å². The van der Waals surface area contributed by atoms with Crippen LogP contribution in [0.1, 0.15) is 0 Å². The van der Waals surface area contributed by atoms with Crippen LogP contribution in [0.5, 0.6) is 0 Å². The number of anilines is 6. The minimum absolute atomic E-state index is 0.708. The van der Waals surface area contributed by atoms with Crippen LogP contribution >= 0.6 is 34.3 Å². The van der Waals surface area contributed by atoms with Crippen molar-refractivity contribution >= 4 is 109 Å². The number of rotatable bonds is 7. The Labute approximate surface area is 321 Å². The van der Waals surface area contributed by atoms with Gasteiger partial charge in [0.25, 0.3) is 0 Å². The molecule has 8 aromatic carbocycles. The molecule has 0 fully saturated rings. The summed E-state index contributed by atoms with van der Waals surface area (Å²) in [6, 6.07) is 67.2. The fraction of sp³-hybridized carbons (Fsp3) is 0. The predicted octanol–water partition coefficient (Wildman–Crippen LogP) is 15.7. The molecule has 2 aromatic heterocycles. The van der Waals surface area contributed by atoms with Gasteiger partial charge in [0, 0.05) is 58.7 Å². The lowest BCUT2D eigenvalue weighted by Crippen LogP contribution is -2.13. The van der Waals surface area contributed by atoms with E-state index in [0.29, 0.717) is 5.02 Å². The minimum Gasteiger partial charge on any atom is -0.309 e. The van der Waals surface area contributed by atoms with E-state index in [1.165, 1.54) is 46.1 Å². The van der Waals surface area contributed by atoms with Crippen molar-refractivity contribution in [3.8, 4) is 11.1 Å². The molecule has 0 radical (unpaired) electrons. The molecule has 2 nitrogen and oxygen atoms in total. The van der Waals surface area contributed by atoms with E-state index in [4.69, 9.17) is 11.6 Å². The fourth-order valence-electron chi connectivity index (χ4n) is 7.47. The van der Waals surface area contributed by atoms with Crippen molar-refractivity contribution in [2.24, 2.45) is 0 Å². The Morgan fingerprint density at radius 3 is 1.36 bits per heavy atom. The van der Waals surface area contributed by atoms with Gasteiger partial charge in [-0.2, -0.15) is 0 Å². The lowest BCUT2D eigenvalue weighted by atomic mass is 10.0. The quantitative estimate of drug-likeness (QED) is 0.161. The third-order valence-electron chi connectivity index (χ3n) is 9.87. The highest BCUT2D eigenvalue weighted by molar-refractivity contribution is 7.27. The first-order chi connectivity index (χ1) is 26.2. The standard InChI is InChI=1S/C48H31ClN2S2/c49-34-28-41-39-20-10-12-22-45(39)52-47(41)43(29-34)51(37-26-24-33(25-27-37)32-14-4-1-5-15-32)38-30-42-40-21-11-13-23-46(40)53-48(42)44(31-38)50(35-16-6-2-7-17-35)36-18-8-3-9-19-36/h1-31H. The molecule has 0 N–H and O–H groups in total. The molecule has 0 aliphatic carbocycles. The summed E-state index contributed by atoms with van der Waals surface area (Å²) in [5, 5.41) is 5.55. The molecule has 0 unspecified atom stereocenters. The maximum absolute atomic E-state index is 7.07. The second kappa shape index (κ2) is 13.3. The van der Waals surface area contributed by atoms with Gasteiger partial charge in [0.1, 0.15) is 0 Å². The summed E-state index contributed by atoms with van der Waals surface area (Å²) in [6.07, 6.45) is 0. The lowest BCUT2D eigenvalue weighted by Gasteiger charge is -2.30. The number of hydrogen-bond donors (Lipinski definition) is 0. The van der Waals surface area contributed by atoms with Gasteiger partial charge in [-0.3, -0.25) is 0 Å². The average molecular weight is 735 g/mol. The molecule has 0 spiro atoms. The molecule has 0 amide bonds. The first-order valence-electron chi connectivity index (χ1n) is 17.6. The Morgan fingerprint density at radius 2 is 0.774 bits per heavy atom. The van der Waals surface area contributed by atoms with Crippen LogP contribution in [-0.4, -0.2) is 0 Å². The van der Waals surface area contributed by atoms with Crippen LogP contribution in [0.25, 0.3) is 51.5 Å². The van der Waals surface area contributed by atoms with E-state index in [-0.39, 0.29) is 0 Å². The van der Waals surface area contributed by atoms with Crippen LogP contribution in [0.15, 0.2) is 188 Å². The monoisotopic (exact) mass is 734 g/mol. The van der Waals surface area contributed by atoms with Crippen LogP contribution in [0.4, 0.5) is 34.1 Å². The SMILES string of the molecule is Clc1cc(N(c2ccc(-c3ccccc3)cc2)c2cc(N(c3ccccc3)c3ccccc3)c3sc4ccccc4c3c2)c2sc3ccccc3c2c1. The Hall–Kier alpha value is -5.91. The maximum atomic E-state index is 7.07. The maximum Gasteiger partial charge on any atom is 0.0661 e. The number of halogens is 1. The summed E-state index contributed by atoms with van der Waals surface area (Å²) in [5.74, 6) is 0. The summed E-state index contributed by atoms with van der Waals surface area (Å²) < 4.78 is 4.93. The number of hydrogen-bond acceptors (Lipinski definition) is 4. The second-order valence-electron chi connectivity index (χ2n) is 13.1. The Bertz CT molecular complexity index is 2860. The molecule has 0 atom stereocenters. The molecular formula is C48H31ClN2S2. The van der Waals surface area contributed by atoms with E-state index in [0.717, 1.165) is 39.5 Å². The lowest BCUT2D eigenvalue weighted by molar-refractivity contribution is 1.27. The van der Waals surface area contributed by atoms with E-state index in [1.807, 2.05) is 22.7 Å². The van der Waals surface area contributed by atoms with Crippen LogP contribution in [0, 0.1) is 0 Å². The van der Waals surface area contributed by atoms with E-state index in [9.17, 15) is 0 Å². The first kappa shape index (κ1) is 31.8. The van der Waals surface area contributed by atoms with Gasteiger partial charge in [-0.15, -0.1) is 22.7 Å². The van der Waals surface area contributed by atoms with E-state index >= 15 is 0 Å². The van der Waals surface area contributed by atoms with Crippen molar-refractivity contribution in [3.05, 3.63) is 193 Å². The Balaban J connectivity index is 1.29. The van der Waals surface area contributed by atoms with Gasteiger partial charge in [-0.1, -0.05) is 127 Å². The molecular weight excluding hydrogens is 704 g/mol. The Kier molecular flexibility index (Phi) is 7.95. The molecule has 5 heteroatoms. The summed E-state index contributed by atoms with van der Waals surface area (Å²) in [4.78, 5) is 4.80. The smallest absolute Gasteiger partial charge is 0.0661 e. The highest BCUT2D eigenvalue weighted by atomic mass is 35.5. The molecule has 0 bridgehead atoms. The number of fused-ring (bicyclic) bond motifs is 6. The van der Waals surface area contributed by atoms with Crippen LogP contribution in [0.2, 0.25) is 5.02 Å². The summed E-state index contributed by atoms with van der Waals surface area (Å²) in [5.41, 5.74) is 8.85. The number of nitrogens with zero attached hydrogens (tertiary/aromatic N) is 2. The molecule has 0 saturated carbocycles. The molecule has 0 aliphatic rings. The van der Waals surface area contributed by atoms with Gasteiger partial charge in [0.05, 0.1) is 20.8 Å². The molecule has 10 aromatic rings. The summed E-state index contributed by atoms with van der Waals surface area (Å²) >= 11 is 10.7. The minimum atomic E-state index is 0.708. The van der Waals surface area contributed by atoms with Gasteiger partial charge in [-0.05, 0) is 83.9 Å². The van der Waals surface area contributed by atoms with E-state index in [2.05, 4.69) is 198 Å². The van der Waals surface area contributed by atoms with Gasteiger partial charge in [-0.25, -0.2) is 0 Å². The highest BCUT2D eigenvalue weighted by Gasteiger charge is 2.24. The predicted molar refractivity (Wildman–Crippen MR) is 232 cm³/mol. The van der Waals surface area contributed by atoms with Crippen molar-refractivity contribution in [2.45, 2.75) is 0 Å². The zero-order valence-corrected chi connectivity index (χ0v) is 30.9. The first-order valence-corrected chi connectivity index (χ1v) is 19.6. The second-order valence-corrected chi connectivity index (χ2v) is 15.6. The van der Waals surface area contributed by atoms with Gasteiger partial charge < -0.3 is 9.80 Å². The Morgan fingerprint density at radius 1 is 0.340 bits per heavy atom. The number of benzene rings is 8. The number of para-hydroxylation sites is 2. The number of thiophene rings is 2. The third-order valence-corrected chi connectivity index (χ3v) is 12.5. The molecule has 10 rings (SSSR count). The van der Waals surface area contributed by atoms with E-state index < -0.39 is 0 Å². The molecule has 252 valence electrons. The van der Waals surface area contributed by atoms with Crippen LogP contribution in [-0.2, 0) is 0 Å². The fourth-order valence-corrected chi connectivity index (χ4v) is 10.1. The molecule has 0 aliphatic heterocycles. The zero-order chi connectivity index (χ0) is 35.3. The van der Waals surface area contributed by atoms with Gasteiger partial charge >= 0.3 is 0 Å². The van der Waals surface area contributed by atoms with Crippen molar-refractivity contribution in [2.75, 3.05) is 9.80 Å². The largest absolute Gasteiger partial charge is 0.309 e. The van der Waals surface area contributed by atoms with Crippen molar-refractivity contribution in [1.82, 2.24) is 0 Å². The van der Waals surface area contributed by atoms with E-state index in [1.54, 1.807) is 0 Å². The molecule has 0 saturated heterocycles. The van der Waals surface area contributed by atoms with Crippen LogP contribution < -0.4 is 9.80 Å². The topological polar surface area (TPSA) is 6.48 Å². The van der Waals surface area contributed by atoms with Gasteiger partial charge in [0.15, 0.2) is 0 Å². The third kappa shape index (κ3) is 5.64. The van der Waals surface area contributed by atoms with Crippen LogP contribution in [0.3, 0.4) is 0 Å². The highest BCUT2D eigenvalue weighted by Crippen LogP contribution is 2.51.